The van der Waals surface area contributed by atoms with Crippen LogP contribution in [0.2, 0.25) is 0 Å². The number of carbonyl (C=O) groups is 1. The molecule has 0 rings (SSSR count). The number of aliphatic carboxylic acids is 1. The second kappa shape index (κ2) is 5.31. The molecule has 0 aliphatic heterocycles. The fraction of sp³-hybridized carbons (Fsp3) is 0.800. The predicted octanol–water partition coefficient (Wildman–Crippen LogP) is -0.184. The minimum Gasteiger partial charge on any atom is -0.480 e. The molecule has 0 saturated carbocycles. The maximum atomic E-state index is 11.2. The van der Waals surface area contributed by atoms with Crippen molar-refractivity contribution in [3.63, 3.8) is 0 Å². The number of phosphoric acid groups is 1. The molecule has 3 N–H and O–H groups in total. The number of hydrogen-bond donors (Lipinski definition) is 2. The summed E-state index contributed by atoms with van der Waals surface area (Å²) in [7, 11) is -1.37. The van der Waals surface area contributed by atoms with Crippen LogP contribution in [0.3, 0.4) is 0 Å². The smallest absolute Gasteiger partial charge is 0.474 e. The van der Waals surface area contributed by atoms with Crippen molar-refractivity contribution >= 4 is 13.8 Å². The standard InChI is InChI=1S/C5H12NO6P/c1-10-13(9,11-2)12-3-4(6)5(7)8/h4H,3,6H2,1-2H3,(H,7,8)/t4-/m0/s1. The number of nitrogens with two attached hydrogens (primary N) is 1. The predicted molar refractivity (Wildman–Crippen MR) is 43.2 cm³/mol. The van der Waals surface area contributed by atoms with Gasteiger partial charge in [-0.05, 0) is 0 Å². The summed E-state index contributed by atoms with van der Waals surface area (Å²) in [5, 5.41) is 8.35. The Kier molecular flexibility index (Phi) is 5.12. The van der Waals surface area contributed by atoms with Crippen molar-refractivity contribution in [3.05, 3.63) is 0 Å². The number of rotatable bonds is 6. The molecule has 78 valence electrons. The topological polar surface area (TPSA) is 108 Å². The molecule has 0 aromatic rings. The van der Waals surface area contributed by atoms with Crippen molar-refractivity contribution < 1.29 is 28.0 Å². The van der Waals surface area contributed by atoms with E-state index in [2.05, 4.69) is 13.6 Å². The molecule has 0 fully saturated rings. The summed E-state index contributed by atoms with van der Waals surface area (Å²) >= 11 is 0. The molecule has 0 aromatic heterocycles. The lowest BCUT2D eigenvalue weighted by atomic mass is 10.3. The van der Waals surface area contributed by atoms with Crippen molar-refractivity contribution in [2.75, 3.05) is 20.8 Å². The van der Waals surface area contributed by atoms with E-state index in [1.54, 1.807) is 0 Å². The van der Waals surface area contributed by atoms with Gasteiger partial charge in [-0.3, -0.25) is 18.4 Å². The van der Waals surface area contributed by atoms with Crippen LogP contribution in [-0.2, 0) is 22.9 Å². The number of phosphoric ester groups is 1. The Bertz CT molecular complexity index is 211. The summed E-state index contributed by atoms with van der Waals surface area (Å²) in [6, 6.07) is -1.25. The third kappa shape index (κ3) is 4.35. The van der Waals surface area contributed by atoms with E-state index < -0.39 is 26.4 Å². The highest BCUT2D eigenvalue weighted by Crippen LogP contribution is 2.47. The second-order valence-corrected chi connectivity index (χ2v) is 3.94. The van der Waals surface area contributed by atoms with E-state index >= 15 is 0 Å². The quantitative estimate of drug-likeness (QED) is 0.589. The molecular weight excluding hydrogens is 201 g/mol. The molecule has 0 aliphatic carbocycles. The van der Waals surface area contributed by atoms with Gasteiger partial charge < -0.3 is 10.8 Å². The molecule has 8 heteroatoms. The summed E-state index contributed by atoms with van der Waals surface area (Å²) in [6.07, 6.45) is 0. The zero-order valence-corrected chi connectivity index (χ0v) is 8.19. The Morgan fingerprint density at radius 2 is 2.00 bits per heavy atom. The molecule has 13 heavy (non-hydrogen) atoms. The molecule has 0 radical (unpaired) electrons. The van der Waals surface area contributed by atoms with E-state index in [0.717, 1.165) is 14.2 Å². The summed E-state index contributed by atoms with van der Waals surface area (Å²) in [5.41, 5.74) is 5.08. The van der Waals surface area contributed by atoms with Gasteiger partial charge in [0.1, 0.15) is 6.04 Å². The van der Waals surface area contributed by atoms with Crippen LogP contribution in [0.1, 0.15) is 0 Å². The van der Waals surface area contributed by atoms with E-state index in [9.17, 15) is 9.36 Å². The number of carboxylic acid groups (broad SMARTS) is 1. The first-order valence-corrected chi connectivity index (χ1v) is 4.75. The summed E-state index contributed by atoms with van der Waals surface area (Å²) in [5.74, 6) is -1.25. The van der Waals surface area contributed by atoms with E-state index in [1.165, 1.54) is 0 Å². The van der Waals surface area contributed by atoms with Gasteiger partial charge >= 0.3 is 13.8 Å². The third-order valence-electron chi connectivity index (χ3n) is 1.18. The molecule has 0 aliphatic rings. The van der Waals surface area contributed by atoms with Crippen LogP contribution in [0.4, 0.5) is 0 Å². The van der Waals surface area contributed by atoms with Gasteiger partial charge in [0.25, 0.3) is 0 Å². The molecule has 7 nitrogen and oxygen atoms in total. The SMILES string of the molecule is COP(=O)(OC)OC[C@H](N)C(=O)O. The Morgan fingerprint density at radius 1 is 1.54 bits per heavy atom. The van der Waals surface area contributed by atoms with E-state index in [0.29, 0.717) is 0 Å². The van der Waals surface area contributed by atoms with Gasteiger partial charge in [0.2, 0.25) is 0 Å². The van der Waals surface area contributed by atoms with Crippen molar-refractivity contribution in [2.24, 2.45) is 5.73 Å². The van der Waals surface area contributed by atoms with Crippen LogP contribution in [-0.4, -0.2) is 37.9 Å². The zero-order chi connectivity index (χ0) is 10.5. The highest BCUT2D eigenvalue weighted by molar-refractivity contribution is 7.48. The average molecular weight is 213 g/mol. The van der Waals surface area contributed by atoms with Crippen LogP contribution < -0.4 is 5.73 Å². The lowest BCUT2D eigenvalue weighted by molar-refractivity contribution is -0.139. The summed E-state index contributed by atoms with van der Waals surface area (Å²) in [4.78, 5) is 10.2. The molecule has 0 amide bonds. The number of hydrogen-bond acceptors (Lipinski definition) is 6. The highest BCUT2D eigenvalue weighted by Gasteiger charge is 2.25. The van der Waals surface area contributed by atoms with Gasteiger partial charge in [-0.25, -0.2) is 4.57 Å². The van der Waals surface area contributed by atoms with Gasteiger partial charge in [-0.15, -0.1) is 0 Å². The fourth-order valence-corrected chi connectivity index (χ4v) is 1.13. The van der Waals surface area contributed by atoms with Crippen molar-refractivity contribution in [3.8, 4) is 0 Å². The van der Waals surface area contributed by atoms with Crippen LogP contribution in [0.25, 0.3) is 0 Å². The van der Waals surface area contributed by atoms with Crippen molar-refractivity contribution in [1.82, 2.24) is 0 Å². The average Bonchev–Trinajstić information content (AvgIpc) is 2.13. The van der Waals surface area contributed by atoms with Gasteiger partial charge in [0.05, 0.1) is 6.61 Å². The first kappa shape index (κ1) is 12.5. The summed E-state index contributed by atoms with van der Waals surface area (Å²) < 4.78 is 24.5. The molecule has 1 atom stereocenters. The Labute approximate surface area is 75.4 Å². The normalized spacial score (nSPS) is 14.1. The minimum atomic E-state index is -3.62. The van der Waals surface area contributed by atoms with Crippen LogP contribution in [0.5, 0.6) is 0 Å². The summed E-state index contributed by atoms with van der Waals surface area (Å²) in [6.45, 7) is -0.436. The monoisotopic (exact) mass is 213 g/mol. The maximum Gasteiger partial charge on any atom is 0.474 e. The molecular formula is C5H12NO6P. The Balaban J connectivity index is 4.00. The lowest BCUT2D eigenvalue weighted by Crippen LogP contribution is -2.34. The van der Waals surface area contributed by atoms with Crippen LogP contribution in [0, 0.1) is 0 Å². The Hall–Kier alpha value is -0.460. The highest BCUT2D eigenvalue weighted by atomic mass is 31.2. The van der Waals surface area contributed by atoms with E-state index in [-0.39, 0.29) is 0 Å². The van der Waals surface area contributed by atoms with Gasteiger partial charge in [-0.2, -0.15) is 0 Å². The van der Waals surface area contributed by atoms with Gasteiger partial charge in [0.15, 0.2) is 0 Å². The minimum absolute atomic E-state index is 0.436. The van der Waals surface area contributed by atoms with Crippen LogP contribution >= 0.6 is 7.82 Å². The molecule has 0 bridgehead atoms. The van der Waals surface area contributed by atoms with Gasteiger partial charge in [0, 0.05) is 14.2 Å². The maximum absolute atomic E-state index is 11.2. The largest absolute Gasteiger partial charge is 0.480 e. The van der Waals surface area contributed by atoms with Crippen molar-refractivity contribution in [2.45, 2.75) is 6.04 Å². The Morgan fingerprint density at radius 3 is 2.31 bits per heavy atom. The van der Waals surface area contributed by atoms with E-state index in [1.807, 2.05) is 0 Å². The lowest BCUT2D eigenvalue weighted by Gasteiger charge is -2.14. The van der Waals surface area contributed by atoms with Crippen molar-refractivity contribution in [1.29, 1.82) is 0 Å². The first-order chi connectivity index (χ1) is 5.95. The third-order valence-corrected chi connectivity index (χ3v) is 2.54. The zero-order valence-electron chi connectivity index (χ0n) is 7.30. The number of carboxylic acids is 1. The fourth-order valence-electron chi connectivity index (χ4n) is 0.423. The molecule has 0 spiro atoms. The van der Waals surface area contributed by atoms with E-state index in [4.69, 9.17) is 10.8 Å². The first-order valence-electron chi connectivity index (χ1n) is 3.29. The molecule has 0 aromatic carbocycles. The van der Waals surface area contributed by atoms with Gasteiger partial charge in [-0.1, -0.05) is 0 Å². The molecule has 0 saturated heterocycles. The molecule has 0 heterocycles. The molecule has 0 unspecified atom stereocenters. The van der Waals surface area contributed by atoms with Crippen LogP contribution in [0.15, 0.2) is 0 Å². The second-order valence-electron chi connectivity index (χ2n) is 2.05.